The van der Waals surface area contributed by atoms with E-state index in [0.29, 0.717) is 43.0 Å². The number of hydrogen-bond acceptors (Lipinski definition) is 7. The molecular weight excluding hydrogens is 582 g/mol. The van der Waals surface area contributed by atoms with Crippen molar-refractivity contribution in [2.45, 2.75) is 58.0 Å². The third kappa shape index (κ3) is 7.11. The number of halogens is 7. The Labute approximate surface area is 235 Å². The molecule has 1 fully saturated rings. The molecule has 0 aliphatic carbocycles. The Bertz CT molecular complexity index is 1430. The van der Waals surface area contributed by atoms with Gasteiger partial charge in [-0.3, -0.25) is 0 Å². The summed E-state index contributed by atoms with van der Waals surface area (Å²) in [6.07, 6.45) is -7.45. The highest BCUT2D eigenvalue weighted by Crippen LogP contribution is 2.39. The van der Waals surface area contributed by atoms with Gasteiger partial charge in [0.05, 0.1) is 6.61 Å². The summed E-state index contributed by atoms with van der Waals surface area (Å²) in [6, 6.07) is 0.682. The van der Waals surface area contributed by atoms with Gasteiger partial charge in [0.1, 0.15) is 22.4 Å². The van der Waals surface area contributed by atoms with Crippen molar-refractivity contribution in [1.82, 2.24) is 29.4 Å². The van der Waals surface area contributed by atoms with Gasteiger partial charge >= 0.3 is 18.4 Å². The molecule has 0 bridgehead atoms. The minimum absolute atomic E-state index is 0.0642. The van der Waals surface area contributed by atoms with Crippen LogP contribution in [-0.2, 0) is 24.1 Å². The molecular formula is C25H27ClF6N6O3. The monoisotopic (exact) mass is 608 g/mol. The zero-order valence-corrected chi connectivity index (χ0v) is 23.3. The fourth-order valence-corrected chi connectivity index (χ4v) is 4.61. The number of ether oxygens (including phenoxy) is 2. The average molecular weight is 609 g/mol. The molecule has 1 aliphatic heterocycles. The van der Waals surface area contributed by atoms with Crippen molar-refractivity contribution in [2.75, 3.05) is 19.7 Å². The summed E-state index contributed by atoms with van der Waals surface area (Å²) >= 11 is 5.89. The standard InChI is InChI=1S/C25H27ClF6N6O3/c1-23(2,3)41-22(39)38-8-5-13(6-9-38)7-10-40-19-15(24(27,28)29)11-14(12-33-19)16-17-18(36-21(26)35-16)37(4)20(34-17)25(30,31)32/h11-13H,5-10H2,1-4H3. The number of carbonyl (C=O) groups excluding carboxylic acids is 1. The SMILES string of the molecule is Cn1c(C(F)(F)F)nc2c(-c3cnc(OCCC4CCN(C(=O)OC(C)(C)C)CC4)c(C(F)(F)F)c3)nc(Cl)nc21. The molecule has 0 N–H and O–H groups in total. The maximum atomic E-state index is 14.0. The first-order valence-electron chi connectivity index (χ1n) is 12.6. The van der Waals surface area contributed by atoms with Crippen molar-refractivity contribution in [3.8, 4) is 17.1 Å². The number of piperidine rings is 1. The number of fused-ring (bicyclic) bond motifs is 1. The number of pyridine rings is 1. The number of aromatic nitrogens is 5. The van der Waals surface area contributed by atoms with Crippen molar-refractivity contribution in [3.63, 3.8) is 0 Å². The molecule has 0 saturated carbocycles. The molecule has 0 aromatic carbocycles. The highest BCUT2D eigenvalue weighted by atomic mass is 35.5. The van der Waals surface area contributed by atoms with Crippen molar-refractivity contribution in [1.29, 1.82) is 0 Å². The van der Waals surface area contributed by atoms with Crippen molar-refractivity contribution >= 4 is 28.9 Å². The van der Waals surface area contributed by atoms with Gasteiger partial charge < -0.3 is 18.9 Å². The molecule has 16 heteroatoms. The van der Waals surface area contributed by atoms with Crippen LogP contribution in [0.1, 0.15) is 51.4 Å². The molecule has 3 aromatic heterocycles. The number of hydrogen-bond donors (Lipinski definition) is 0. The van der Waals surface area contributed by atoms with Crippen LogP contribution in [0.3, 0.4) is 0 Å². The van der Waals surface area contributed by atoms with E-state index in [4.69, 9.17) is 21.1 Å². The van der Waals surface area contributed by atoms with Gasteiger partial charge in [-0.1, -0.05) is 0 Å². The molecule has 0 atom stereocenters. The quantitative estimate of drug-likeness (QED) is 0.240. The maximum Gasteiger partial charge on any atom is 0.449 e. The molecule has 0 radical (unpaired) electrons. The van der Waals surface area contributed by atoms with Gasteiger partial charge in [-0.05, 0) is 63.6 Å². The Morgan fingerprint density at radius 2 is 1.71 bits per heavy atom. The Balaban J connectivity index is 1.50. The average Bonchev–Trinajstić information content (AvgIpc) is 3.19. The Kier molecular flexibility index (Phi) is 8.31. The van der Waals surface area contributed by atoms with Gasteiger partial charge in [0.2, 0.25) is 17.0 Å². The zero-order chi connectivity index (χ0) is 30.3. The number of carbonyl (C=O) groups is 1. The van der Waals surface area contributed by atoms with E-state index in [0.717, 1.165) is 13.2 Å². The summed E-state index contributed by atoms with van der Waals surface area (Å²) in [5.74, 6) is -1.88. The number of amides is 1. The molecule has 1 saturated heterocycles. The van der Waals surface area contributed by atoms with Gasteiger partial charge in [0, 0.05) is 31.9 Å². The third-order valence-electron chi connectivity index (χ3n) is 6.41. The van der Waals surface area contributed by atoms with Crippen molar-refractivity contribution < 1.29 is 40.6 Å². The zero-order valence-electron chi connectivity index (χ0n) is 22.5. The molecule has 3 aromatic rings. The number of rotatable bonds is 5. The van der Waals surface area contributed by atoms with E-state index in [1.54, 1.807) is 25.7 Å². The first-order chi connectivity index (χ1) is 18.9. The van der Waals surface area contributed by atoms with Crippen LogP contribution in [0.2, 0.25) is 5.28 Å². The van der Waals surface area contributed by atoms with E-state index < -0.39 is 46.6 Å². The lowest BCUT2D eigenvalue weighted by Crippen LogP contribution is -2.41. The minimum atomic E-state index is -4.89. The van der Waals surface area contributed by atoms with Crippen LogP contribution in [0, 0.1) is 5.92 Å². The largest absolute Gasteiger partial charge is 0.477 e. The van der Waals surface area contributed by atoms with Crippen molar-refractivity contribution in [2.24, 2.45) is 13.0 Å². The van der Waals surface area contributed by atoms with Crippen LogP contribution >= 0.6 is 11.6 Å². The fourth-order valence-electron chi connectivity index (χ4n) is 4.44. The minimum Gasteiger partial charge on any atom is -0.477 e. The van der Waals surface area contributed by atoms with Crippen LogP contribution in [0.15, 0.2) is 12.3 Å². The topological polar surface area (TPSA) is 95.3 Å². The maximum absolute atomic E-state index is 14.0. The second-order valence-electron chi connectivity index (χ2n) is 10.6. The summed E-state index contributed by atoms with van der Waals surface area (Å²) in [7, 11) is 1.06. The van der Waals surface area contributed by atoms with E-state index in [1.807, 2.05) is 0 Å². The number of alkyl halides is 6. The fraction of sp³-hybridized carbons (Fsp3) is 0.560. The van der Waals surface area contributed by atoms with Crippen LogP contribution in [0.25, 0.3) is 22.4 Å². The Morgan fingerprint density at radius 1 is 1.05 bits per heavy atom. The van der Waals surface area contributed by atoms with Crippen LogP contribution < -0.4 is 4.74 Å². The molecule has 4 heterocycles. The molecule has 1 aliphatic rings. The molecule has 4 rings (SSSR count). The Hall–Kier alpha value is -3.36. The number of aryl methyl sites for hydroxylation is 1. The normalized spacial score (nSPS) is 15.4. The van der Waals surface area contributed by atoms with Gasteiger partial charge in [-0.2, -0.15) is 31.3 Å². The second-order valence-corrected chi connectivity index (χ2v) is 11.0. The van der Waals surface area contributed by atoms with Crippen LogP contribution in [-0.4, -0.2) is 60.8 Å². The third-order valence-corrected chi connectivity index (χ3v) is 6.58. The summed E-state index contributed by atoms with van der Waals surface area (Å²) in [4.78, 5) is 28.8. The molecule has 41 heavy (non-hydrogen) atoms. The van der Waals surface area contributed by atoms with Crippen LogP contribution in [0.4, 0.5) is 31.1 Å². The van der Waals surface area contributed by atoms with E-state index in [-0.39, 0.29) is 34.9 Å². The number of likely N-dealkylation sites (tertiary alicyclic amines) is 1. The second kappa shape index (κ2) is 11.1. The van der Waals surface area contributed by atoms with Gasteiger partial charge in [0.25, 0.3) is 0 Å². The van der Waals surface area contributed by atoms with E-state index in [1.165, 1.54) is 0 Å². The van der Waals surface area contributed by atoms with E-state index in [9.17, 15) is 31.1 Å². The smallest absolute Gasteiger partial charge is 0.449 e. The number of imidazole rings is 1. The summed E-state index contributed by atoms with van der Waals surface area (Å²) in [5.41, 5.74) is -3.14. The lowest BCUT2D eigenvalue weighted by atomic mass is 9.94. The van der Waals surface area contributed by atoms with E-state index >= 15 is 0 Å². The molecule has 0 spiro atoms. The van der Waals surface area contributed by atoms with Gasteiger partial charge in [-0.15, -0.1) is 0 Å². The lowest BCUT2D eigenvalue weighted by molar-refractivity contribution is -0.146. The van der Waals surface area contributed by atoms with Gasteiger partial charge in [0.15, 0.2) is 5.65 Å². The lowest BCUT2D eigenvalue weighted by Gasteiger charge is -2.33. The highest BCUT2D eigenvalue weighted by molar-refractivity contribution is 6.28. The van der Waals surface area contributed by atoms with E-state index in [2.05, 4.69) is 19.9 Å². The highest BCUT2D eigenvalue weighted by Gasteiger charge is 2.39. The molecule has 1 amide bonds. The van der Waals surface area contributed by atoms with Crippen molar-refractivity contribution in [3.05, 3.63) is 28.9 Å². The summed E-state index contributed by atoms with van der Waals surface area (Å²) in [6.45, 7) is 6.17. The molecule has 0 unspecified atom stereocenters. The van der Waals surface area contributed by atoms with Crippen LogP contribution in [0.5, 0.6) is 5.88 Å². The Morgan fingerprint density at radius 3 is 2.29 bits per heavy atom. The number of nitrogens with zero attached hydrogens (tertiary/aromatic N) is 6. The summed E-state index contributed by atoms with van der Waals surface area (Å²) in [5, 5.41) is -0.476. The molecule has 224 valence electrons. The predicted molar refractivity (Wildman–Crippen MR) is 135 cm³/mol. The summed E-state index contributed by atoms with van der Waals surface area (Å²) < 4.78 is 93.6. The first kappa shape index (κ1) is 30.6. The molecule has 9 nitrogen and oxygen atoms in total. The predicted octanol–water partition coefficient (Wildman–Crippen LogP) is 6.53. The van der Waals surface area contributed by atoms with Gasteiger partial charge in [-0.25, -0.2) is 19.7 Å². The first-order valence-corrected chi connectivity index (χ1v) is 13.0.